The molecule has 2 atom stereocenters. The van der Waals surface area contributed by atoms with Crippen LogP contribution in [0, 0.1) is 0 Å². The molecule has 2 heterocycles. The zero-order valence-electron chi connectivity index (χ0n) is 11.8. The van der Waals surface area contributed by atoms with Gasteiger partial charge < -0.3 is 15.0 Å². The molecule has 1 aromatic carbocycles. The van der Waals surface area contributed by atoms with Crippen LogP contribution < -0.4 is 5.32 Å². The van der Waals surface area contributed by atoms with E-state index in [2.05, 4.69) is 17.4 Å². The summed E-state index contributed by atoms with van der Waals surface area (Å²) in [4.78, 5) is 14.5. The van der Waals surface area contributed by atoms with Crippen LogP contribution in [0.25, 0.3) is 0 Å². The molecule has 1 amide bonds. The number of rotatable bonds is 2. The van der Waals surface area contributed by atoms with Gasteiger partial charge in [0.25, 0.3) is 0 Å². The highest BCUT2D eigenvalue weighted by molar-refractivity contribution is 5.82. The van der Waals surface area contributed by atoms with Crippen LogP contribution in [0.2, 0.25) is 0 Å². The quantitative estimate of drug-likeness (QED) is 0.893. The number of carbonyl (C=O) groups excluding carboxylic acids is 1. The zero-order valence-corrected chi connectivity index (χ0v) is 11.8. The van der Waals surface area contributed by atoms with E-state index in [1.54, 1.807) is 0 Å². The van der Waals surface area contributed by atoms with Crippen molar-refractivity contribution in [2.75, 3.05) is 26.2 Å². The largest absolute Gasteiger partial charge is 0.370 e. The third-order valence-corrected chi connectivity index (χ3v) is 4.16. The zero-order chi connectivity index (χ0) is 13.8. The van der Waals surface area contributed by atoms with Crippen LogP contribution in [0.5, 0.6) is 0 Å². The fraction of sp³-hybridized carbons (Fsp3) is 0.562. The fourth-order valence-corrected chi connectivity index (χ4v) is 3.00. The maximum Gasteiger partial charge on any atom is 0.239 e. The van der Waals surface area contributed by atoms with Gasteiger partial charge in [-0.1, -0.05) is 36.8 Å². The van der Waals surface area contributed by atoms with Gasteiger partial charge in [-0.05, 0) is 24.9 Å². The highest BCUT2D eigenvalue weighted by Gasteiger charge is 2.30. The SMILES string of the molecule is O=C([C@H]1CCCCN1)N1CCOC(c2ccccc2)C1. The number of amides is 1. The average molecular weight is 274 g/mol. The van der Waals surface area contributed by atoms with E-state index in [9.17, 15) is 4.79 Å². The van der Waals surface area contributed by atoms with E-state index in [1.807, 2.05) is 23.1 Å². The topological polar surface area (TPSA) is 41.6 Å². The van der Waals surface area contributed by atoms with Gasteiger partial charge in [0.05, 0.1) is 19.2 Å². The summed E-state index contributed by atoms with van der Waals surface area (Å²) in [7, 11) is 0. The maximum absolute atomic E-state index is 12.5. The molecule has 4 heteroatoms. The Bertz CT molecular complexity index is 443. The average Bonchev–Trinajstić information content (AvgIpc) is 2.56. The van der Waals surface area contributed by atoms with E-state index in [0.29, 0.717) is 19.7 Å². The van der Waals surface area contributed by atoms with Gasteiger partial charge in [-0.25, -0.2) is 0 Å². The van der Waals surface area contributed by atoms with Crippen LogP contribution >= 0.6 is 0 Å². The van der Waals surface area contributed by atoms with Crippen molar-refractivity contribution >= 4 is 5.91 Å². The number of nitrogens with one attached hydrogen (secondary N) is 1. The number of ether oxygens (including phenoxy) is 1. The van der Waals surface area contributed by atoms with Crippen molar-refractivity contribution in [1.82, 2.24) is 10.2 Å². The second-order valence-electron chi connectivity index (χ2n) is 5.56. The number of morpholine rings is 1. The Morgan fingerprint density at radius 1 is 1.25 bits per heavy atom. The van der Waals surface area contributed by atoms with E-state index in [1.165, 1.54) is 6.42 Å². The van der Waals surface area contributed by atoms with E-state index < -0.39 is 0 Å². The van der Waals surface area contributed by atoms with Crippen molar-refractivity contribution in [1.29, 1.82) is 0 Å². The second-order valence-corrected chi connectivity index (χ2v) is 5.56. The van der Waals surface area contributed by atoms with Gasteiger partial charge in [-0.2, -0.15) is 0 Å². The molecule has 108 valence electrons. The van der Waals surface area contributed by atoms with Gasteiger partial charge >= 0.3 is 0 Å². The van der Waals surface area contributed by atoms with Crippen LogP contribution in [0.3, 0.4) is 0 Å². The number of hydrogen-bond donors (Lipinski definition) is 1. The molecule has 0 radical (unpaired) electrons. The van der Waals surface area contributed by atoms with Gasteiger partial charge in [0, 0.05) is 6.54 Å². The Labute approximate surface area is 120 Å². The van der Waals surface area contributed by atoms with Crippen LogP contribution in [0.4, 0.5) is 0 Å². The van der Waals surface area contributed by atoms with Crippen molar-refractivity contribution in [2.45, 2.75) is 31.4 Å². The van der Waals surface area contributed by atoms with Crippen LogP contribution in [-0.4, -0.2) is 43.1 Å². The Morgan fingerprint density at radius 3 is 2.85 bits per heavy atom. The number of carbonyl (C=O) groups is 1. The van der Waals surface area contributed by atoms with Gasteiger partial charge in [0.1, 0.15) is 6.10 Å². The predicted octanol–water partition coefficient (Wildman–Crippen LogP) is 1.73. The van der Waals surface area contributed by atoms with Crippen LogP contribution in [-0.2, 0) is 9.53 Å². The third-order valence-electron chi connectivity index (χ3n) is 4.16. The molecule has 1 unspecified atom stereocenters. The Hall–Kier alpha value is -1.39. The first-order valence-corrected chi connectivity index (χ1v) is 7.53. The molecule has 1 aromatic rings. The first-order valence-electron chi connectivity index (χ1n) is 7.53. The van der Waals surface area contributed by atoms with E-state index in [-0.39, 0.29) is 18.1 Å². The first kappa shape index (κ1) is 13.6. The normalized spacial score (nSPS) is 27.3. The van der Waals surface area contributed by atoms with E-state index >= 15 is 0 Å². The number of piperidine rings is 1. The van der Waals surface area contributed by atoms with E-state index in [0.717, 1.165) is 24.9 Å². The molecule has 0 spiro atoms. The van der Waals surface area contributed by atoms with Crippen molar-refractivity contribution in [3.05, 3.63) is 35.9 Å². The fourth-order valence-electron chi connectivity index (χ4n) is 3.00. The molecule has 20 heavy (non-hydrogen) atoms. The molecule has 3 rings (SSSR count). The van der Waals surface area contributed by atoms with E-state index in [4.69, 9.17) is 4.74 Å². The lowest BCUT2D eigenvalue weighted by molar-refractivity contribution is -0.141. The molecule has 4 nitrogen and oxygen atoms in total. The summed E-state index contributed by atoms with van der Waals surface area (Å²) in [5.74, 6) is 0.244. The summed E-state index contributed by atoms with van der Waals surface area (Å²) >= 11 is 0. The van der Waals surface area contributed by atoms with Crippen LogP contribution in [0.1, 0.15) is 30.9 Å². The summed E-state index contributed by atoms with van der Waals surface area (Å²) in [5.41, 5.74) is 1.15. The molecule has 0 saturated carbocycles. The van der Waals surface area contributed by atoms with Gasteiger partial charge in [-0.15, -0.1) is 0 Å². The molecule has 0 aliphatic carbocycles. The summed E-state index contributed by atoms with van der Waals surface area (Å²) in [5, 5.41) is 3.34. The summed E-state index contributed by atoms with van der Waals surface area (Å²) in [6.45, 7) is 2.96. The van der Waals surface area contributed by atoms with Gasteiger partial charge in [-0.3, -0.25) is 4.79 Å². The Kier molecular flexibility index (Phi) is 4.33. The highest BCUT2D eigenvalue weighted by atomic mass is 16.5. The lowest BCUT2D eigenvalue weighted by atomic mass is 10.0. The third kappa shape index (κ3) is 3.02. The second kappa shape index (κ2) is 6.37. The van der Waals surface area contributed by atoms with Crippen molar-refractivity contribution in [3.63, 3.8) is 0 Å². The number of nitrogens with zero attached hydrogens (tertiary/aromatic N) is 1. The smallest absolute Gasteiger partial charge is 0.239 e. The predicted molar refractivity (Wildman–Crippen MR) is 77.4 cm³/mol. The molecule has 0 aromatic heterocycles. The lowest BCUT2D eigenvalue weighted by Gasteiger charge is -2.36. The minimum atomic E-state index is 0.0116. The molecule has 0 bridgehead atoms. The molecule has 2 aliphatic heterocycles. The van der Waals surface area contributed by atoms with Crippen molar-refractivity contribution in [2.24, 2.45) is 0 Å². The van der Waals surface area contributed by atoms with Gasteiger partial charge in [0.2, 0.25) is 5.91 Å². The number of benzene rings is 1. The first-order chi connectivity index (χ1) is 9.84. The number of hydrogen-bond acceptors (Lipinski definition) is 3. The lowest BCUT2D eigenvalue weighted by Crippen LogP contribution is -2.52. The Balaban J connectivity index is 1.64. The molecular formula is C16H22N2O2. The highest BCUT2D eigenvalue weighted by Crippen LogP contribution is 2.23. The minimum Gasteiger partial charge on any atom is -0.370 e. The van der Waals surface area contributed by atoms with Crippen molar-refractivity contribution in [3.8, 4) is 0 Å². The standard InChI is InChI=1S/C16H22N2O2/c19-16(14-8-4-5-9-17-14)18-10-11-20-15(12-18)13-6-2-1-3-7-13/h1-3,6-7,14-15,17H,4-5,8-12H2/t14-,15?/m1/s1. The molecule has 2 aliphatic rings. The van der Waals surface area contributed by atoms with Crippen LogP contribution in [0.15, 0.2) is 30.3 Å². The summed E-state index contributed by atoms with van der Waals surface area (Å²) < 4.78 is 5.82. The summed E-state index contributed by atoms with van der Waals surface area (Å²) in [6.07, 6.45) is 3.30. The minimum absolute atomic E-state index is 0.0116. The maximum atomic E-state index is 12.5. The molecular weight excluding hydrogens is 252 g/mol. The monoisotopic (exact) mass is 274 g/mol. The molecule has 2 fully saturated rings. The molecule has 1 N–H and O–H groups in total. The summed E-state index contributed by atoms with van der Waals surface area (Å²) in [6, 6.07) is 10.2. The Morgan fingerprint density at radius 2 is 2.10 bits per heavy atom. The molecule has 2 saturated heterocycles. The van der Waals surface area contributed by atoms with Gasteiger partial charge in [0.15, 0.2) is 0 Å². The van der Waals surface area contributed by atoms with Crippen molar-refractivity contribution < 1.29 is 9.53 Å².